The van der Waals surface area contributed by atoms with E-state index in [0.29, 0.717) is 5.69 Å². The van der Waals surface area contributed by atoms with Gasteiger partial charge in [0.15, 0.2) is 5.82 Å². The summed E-state index contributed by atoms with van der Waals surface area (Å²) in [5.41, 5.74) is 0.223. The summed E-state index contributed by atoms with van der Waals surface area (Å²) in [6, 6.07) is 2.86. The predicted molar refractivity (Wildman–Crippen MR) is 71.4 cm³/mol. The first-order valence-corrected chi connectivity index (χ1v) is 6.78. The molecule has 0 aliphatic carbocycles. The number of halogens is 2. The number of nitro groups is 1. The van der Waals surface area contributed by atoms with Crippen molar-refractivity contribution < 1.29 is 9.31 Å². The van der Waals surface area contributed by atoms with Gasteiger partial charge in [0.25, 0.3) is 5.69 Å². The fourth-order valence-corrected chi connectivity index (χ4v) is 2.71. The number of anilines is 1. The van der Waals surface area contributed by atoms with Crippen LogP contribution in [0.15, 0.2) is 16.6 Å². The van der Waals surface area contributed by atoms with Crippen LogP contribution in [0.4, 0.5) is 15.8 Å². The lowest BCUT2D eigenvalue weighted by atomic mass is 10.2. The first kappa shape index (κ1) is 13.3. The summed E-state index contributed by atoms with van der Waals surface area (Å²) >= 11 is 2.97. The Hall–Kier alpha value is -1.17. The molecule has 4 nitrogen and oxygen atoms in total. The molecule has 98 valence electrons. The molecule has 1 saturated heterocycles. The van der Waals surface area contributed by atoms with E-state index in [1.807, 2.05) is 4.90 Å². The van der Waals surface area contributed by atoms with Crippen molar-refractivity contribution in [2.24, 2.45) is 0 Å². The molecule has 0 amide bonds. The Morgan fingerprint density at radius 3 is 2.39 bits per heavy atom. The van der Waals surface area contributed by atoms with E-state index in [1.165, 1.54) is 12.1 Å². The van der Waals surface area contributed by atoms with Crippen molar-refractivity contribution in [1.82, 2.24) is 0 Å². The molecule has 0 bridgehead atoms. The molecule has 1 aliphatic rings. The summed E-state index contributed by atoms with van der Waals surface area (Å²) in [5.74, 6) is -0.536. The van der Waals surface area contributed by atoms with Crippen LogP contribution < -0.4 is 4.90 Å². The summed E-state index contributed by atoms with van der Waals surface area (Å²) in [5, 5.41) is 10.7. The molecule has 1 aliphatic heterocycles. The molecule has 1 heterocycles. The molecule has 0 atom stereocenters. The van der Waals surface area contributed by atoms with E-state index in [-0.39, 0.29) is 10.2 Å². The van der Waals surface area contributed by atoms with E-state index in [1.54, 1.807) is 0 Å². The third kappa shape index (κ3) is 2.63. The minimum atomic E-state index is -0.584. The van der Waals surface area contributed by atoms with Crippen LogP contribution in [-0.4, -0.2) is 18.0 Å². The fraction of sp³-hybridized carbons (Fsp3) is 0.500. The Morgan fingerprint density at radius 1 is 1.22 bits per heavy atom. The van der Waals surface area contributed by atoms with Crippen LogP contribution in [0.25, 0.3) is 0 Å². The van der Waals surface area contributed by atoms with Gasteiger partial charge in [-0.3, -0.25) is 10.1 Å². The Morgan fingerprint density at radius 2 is 1.83 bits per heavy atom. The van der Waals surface area contributed by atoms with E-state index >= 15 is 0 Å². The molecular weight excluding hydrogens is 303 g/mol. The van der Waals surface area contributed by atoms with Crippen molar-refractivity contribution >= 4 is 27.3 Å². The van der Waals surface area contributed by atoms with E-state index in [9.17, 15) is 14.5 Å². The topological polar surface area (TPSA) is 46.4 Å². The third-order valence-electron chi connectivity index (χ3n) is 3.18. The van der Waals surface area contributed by atoms with E-state index < -0.39 is 10.7 Å². The number of hydrogen-bond acceptors (Lipinski definition) is 3. The quantitative estimate of drug-likeness (QED) is 0.614. The lowest BCUT2D eigenvalue weighted by Crippen LogP contribution is -2.25. The van der Waals surface area contributed by atoms with Gasteiger partial charge in [0, 0.05) is 19.2 Å². The highest BCUT2D eigenvalue weighted by molar-refractivity contribution is 9.10. The minimum Gasteiger partial charge on any atom is -0.369 e. The molecule has 0 spiro atoms. The van der Waals surface area contributed by atoms with Gasteiger partial charge in [-0.1, -0.05) is 12.8 Å². The maximum Gasteiger partial charge on any atom is 0.286 e. The second kappa shape index (κ2) is 5.65. The zero-order valence-electron chi connectivity index (χ0n) is 9.86. The Labute approximate surface area is 113 Å². The molecule has 0 aromatic heterocycles. The summed E-state index contributed by atoms with van der Waals surface area (Å²) in [6.45, 7) is 1.61. The van der Waals surface area contributed by atoms with Crippen molar-refractivity contribution in [2.45, 2.75) is 25.7 Å². The molecule has 18 heavy (non-hydrogen) atoms. The zero-order chi connectivity index (χ0) is 13.1. The van der Waals surface area contributed by atoms with Crippen molar-refractivity contribution in [3.63, 3.8) is 0 Å². The standard InChI is InChI=1S/C12H14BrFN2O2/c13-11-9(16(17)18)5-6-10(12(11)14)15-7-3-1-2-4-8-15/h5-6H,1-4,7-8H2. The Kier molecular flexibility index (Phi) is 4.16. The molecule has 1 aromatic carbocycles. The van der Waals surface area contributed by atoms with Gasteiger partial charge in [0.2, 0.25) is 0 Å². The van der Waals surface area contributed by atoms with Gasteiger partial charge < -0.3 is 4.90 Å². The van der Waals surface area contributed by atoms with Gasteiger partial charge in [-0.15, -0.1) is 0 Å². The predicted octanol–water partition coefficient (Wildman–Crippen LogP) is 3.88. The smallest absolute Gasteiger partial charge is 0.286 e. The minimum absolute atomic E-state index is 0.0609. The highest BCUT2D eigenvalue weighted by atomic mass is 79.9. The summed E-state index contributed by atoms with van der Waals surface area (Å²) in [4.78, 5) is 12.1. The van der Waals surface area contributed by atoms with Gasteiger partial charge in [-0.2, -0.15) is 0 Å². The monoisotopic (exact) mass is 316 g/mol. The number of rotatable bonds is 2. The highest BCUT2D eigenvalue weighted by Gasteiger charge is 2.22. The van der Waals surface area contributed by atoms with Crippen LogP contribution in [0.2, 0.25) is 0 Å². The van der Waals surface area contributed by atoms with Gasteiger partial charge in [0.05, 0.1) is 10.6 Å². The summed E-state index contributed by atoms with van der Waals surface area (Å²) in [6.07, 6.45) is 4.39. The van der Waals surface area contributed by atoms with Crippen LogP contribution in [0.1, 0.15) is 25.7 Å². The van der Waals surface area contributed by atoms with Crippen LogP contribution in [0, 0.1) is 15.9 Å². The van der Waals surface area contributed by atoms with Crippen molar-refractivity contribution in [3.8, 4) is 0 Å². The van der Waals surface area contributed by atoms with Crippen molar-refractivity contribution in [1.29, 1.82) is 0 Å². The van der Waals surface area contributed by atoms with E-state index in [4.69, 9.17) is 0 Å². The Balaban J connectivity index is 2.33. The summed E-state index contributed by atoms with van der Waals surface area (Å²) in [7, 11) is 0. The van der Waals surface area contributed by atoms with E-state index in [0.717, 1.165) is 38.8 Å². The van der Waals surface area contributed by atoms with Crippen LogP contribution in [0.5, 0.6) is 0 Å². The normalized spacial score (nSPS) is 16.4. The molecule has 0 unspecified atom stereocenters. The largest absolute Gasteiger partial charge is 0.369 e. The lowest BCUT2D eigenvalue weighted by molar-refractivity contribution is -0.385. The molecule has 1 fully saturated rings. The number of nitrogens with zero attached hydrogens (tertiary/aromatic N) is 2. The molecule has 0 saturated carbocycles. The molecule has 0 N–H and O–H groups in total. The van der Waals surface area contributed by atoms with Gasteiger partial charge in [0.1, 0.15) is 4.47 Å². The molecular formula is C12H14BrFN2O2. The fourth-order valence-electron chi connectivity index (χ4n) is 2.23. The number of benzene rings is 1. The maximum atomic E-state index is 14.1. The maximum absolute atomic E-state index is 14.1. The summed E-state index contributed by atoms with van der Waals surface area (Å²) < 4.78 is 14.1. The zero-order valence-corrected chi connectivity index (χ0v) is 11.5. The van der Waals surface area contributed by atoms with E-state index in [2.05, 4.69) is 15.9 Å². The lowest BCUT2D eigenvalue weighted by Gasteiger charge is -2.23. The van der Waals surface area contributed by atoms with Crippen LogP contribution in [0.3, 0.4) is 0 Å². The van der Waals surface area contributed by atoms with Gasteiger partial charge in [-0.25, -0.2) is 4.39 Å². The molecule has 6 heteroatoms. The molecule has 0 radical (unpaired) electrons. The number of nitro benzene ring substituents is 1. The second-order valence-electron chi connectivity index (χ2n) is 4.39. The second-order valence-corrected chi connectivity index (χ2v) is 5.18. The molecule has 2 rings (SSSR count). The average Bonchev–Trinajstić information content (AvgIpc) is 2.60. The first-order valence-electron chi connectivity index (χ1n) is 5.98. The van der Waals surface area contributed by atoms with Crippen LogP contribution in [-0.2, 0) is 0 Å². The van der Waals surface area contributed by atoms with Crippen LogP contribution >= 0.6 is 15.9 Å². The van der Waals surface area contributed by atoms with Crippen molar-refractivity contribution in [3.05, 3.63) is 32.5 Å². The molecule has 1 aromatic rings. The average molecular weight is 317 g/mol. The number of hydrogen-bond donors (Lipinski definition) is 0. The Bertz CT molecular complexity index is 460. The first-order chi connectivity index (χ1) is 8.61. The van der Waals surface area contributed by atoms with Crippen molar-refractivity contribution in [2.75, 3.05) is 18.0 Å². The SMILES string of the molecule is O=[N+]([O-])c1ccc(N2CCCCCC2)c(F)c1Br. The third-order valence-corrected chi connectivity index (χ3v) is 3.94. The van der Waals surface area contributed by atoms with Gasteiger partial charge >= 0.3 is 0 Å². The highest BCUT2D eigenvalue weighted by Crippen LogP contribution is 2.34. The van der Waals surface area contributed by atoms with Gasteiger partial charge in [-0.05, 0) is 34.8 Å².